The third kappa shape index (κ3) is 4.83. The molecule has 1 atom stereocenters. The number of nitrogens with one attached hydrogen (secondary N) is 2. The quantitative estimate of drug-likeness (QED) is 0.753. The molecule has 0 radical (unpaired) electrons. The van der Waals surface area contributed by atoms with Crippen LogP contribution in [0.2, 0.25) is 5.02 Å². The second kappa shape index (κ2) is 7.26. The Morgan fingerprint density at radius 2 is 2.00 bits per heavy atom. The van der Waals surface area contributed by atoms with Crippen molar-refractivity contribution in [2.24, 2.45) is 5.92 Å². The first-order chi connectivity index (χ1) is 9.31. The van der Waals surface area contributed by atoms with Crippen molar-refractivity contribution in [1.29, 1.82) is 0 Å². The Bertz CT molecular complexity index is 503. The molecule has 1 unspecified atom stereocenters. The SMILES string of the molecule is Cc1ccc(NC(=O)CNC(C(=O)O)C(C)C)c(Cl)c1. The van der Waals surface area contributed by atoms with Crippen molar-refractivity contribution in [2.45, 2.75) is 26.8 Å². The van der Waals surface area contributed by atoms with E-state index in [1.54, 1.807) is 26.0 Å². The third-order valence-corrected chi connectivity index (χ3v) is 3.13. The molecule has 0 saturated heterocycles. The van der Waals surface area contributed by atoms with Gasteiger partial charge in [0.25, 0.3) is 0 Å². The van der Waals surface area contributed by atoms with E-state index in [-0.39, 0.29) is 18.4 Å². The third-order valence-electron chi connectivity index (χ3n) is 2.81. The van der Waals surface area contributed by atoms with E-state index < -0.39 is 12.0 Å². The molecule has 110 valence electrons. The van der Waals surface area contributed by atoms with Crippen LogP contribution in [0.25, 0.3) is 0 Å². The van der Waals surface area contributed by atoms with E-state index in [1.807, 2.05) is 13.0 Å². The summed E-state index contributed by atoms with van der Waals surface area (Å²) in [7, 11) is 0. The minimum Gasteiger partial charge on any atom is -0.480 e. The highest BCUT2D eigenvalue weighted by atomic mass is 35.5. The summed E-state index contributed by atoms with van der Waals surface area (Å²) >= 11 is 6.01. The maximum atomic E-state index is 11.8. The molecule has 0 fully saturated rings. The number of anilines is 1. The fourth-order valence-electron chi connectivity index (χ4n) is 1.73. The van der Waals surface area contributed by atoms with Crippen LogP contribution in [0.3, 0.4) is 0 Å². The van der Waals surface area contributed by atoms with Gasteiger partial charge in [-0.25, -0.2) is 0 Å². The smallest absolute Gasteiger partial charge is 0.320 e. The van der Waals surface area contributed by atoms with Crippen LogP contribution in [0.15, 0.2) is 18.2 Å². The number of carboxylic acid groups (broad SMARTS) is 1. The molecule has 0 aliphatic heterocycles. The summed E-state index contributed by atoms with van der Waals surface area (Å²) in [6.45, 7) is 5.37. The molecule has 0 heterocycles. The van der Waals surface area contributed by atoms with Gasteiger partial charge < -0.3 is 10.4 Å². The highest BCUT2D eigenvalue weighted by Gasteiger charge is 2.21. The zero-order valence-electron chi connectivity index (χ0n) is 11.7. The van der Waals surface area contributed by atoms with E-state index in [0.29, 0.717) is 10.7 Å². The van der Waals surface area contributed by atoms with Crippen molar-refractivity contribution in [3.8, 4) is 0 Å². The van der Waals surface area contributed by atoms with Crippen LogP contribution in [0.4, 0.5) is 5.69 Å². The highest BCUT2D eigenvalue weighted by Crippen LogP contribution is 2.22. The summed E-state index contributed by atoms with van der Waals surface area (Å²) in [6.07, 6.45) is 0. The summed E-state index contributed by atoms with van der Waals surface area (Å²) < 4.78 is 0. The topological polar surface area (TPSA) is 78.4 Å². The molecule has 0 bridgehead atoms. The number of aliphatic carboxylic acids is 1. The first-order valence-electron chi connectivity index (χ1n) is 6.33. The zero-order valence-corrected chi connectivity index (χ0v) is 12.5. The number of hydrogen-bond acceptors (Lipinski definition) is 3. The minimum absolute atomic E-state index is 0.0840. The zero-order chi connectivity index (χ0) is 15.3. The molecule has 6 heteroatoms. The molecule has 1 amide bonds. The maximum absolute atomic E-state index is 11.8. The molecular formula is C14H19ClN2O3. The van der Waals surface area contributed by atoms with Crippen molar-refractivity contribution in [2.75, 3.05) is 11.9 Å². The Labute approximate surface area is 123 Å². The standard InChI is InChI=1S/C14H19ClN2O3/c1-8(2)13(14(19)20)16-7-12(18)17-11-5-4-9(3)6-10(11)15/h4-6,8,13,16H,7H2,1-3H3,(H,17,18)(H,19,20). The molecule has 0 aliphatic carbocycles. The van der Waals surface area contributed by atoms with Crippen LogP contribution in [-0.4, -0.2) is 29.6 Å². The summed E-state index contributed by atoms with van der Waals surface area (Å²) in [6, 6.07) is 4.54. The normalized spacial score (nSPS) is 12.2. The first kappa shape index (κ1) is 16.5. The summed E-state index contributed by atoms with van der Waals surface area (Å²) in [4.78, 5) is 22.8. The predicted octanol–water partition coefficient (Wildman–Crippen LogP) is 2.29. The van der Waals surface area contributed by atoms with Gasteiger partial charge in [0.05, 0.1) is 17.3 Å². The van der Waals surface area contributed by atoms with Gasteiger partial charge in [-0.15, -0.1) is 0 Å². The summed E-state index contributed by atoms with van der Waals surface area (Å²) in [5, 5.41) is 14.8. The van der Waals surface area contributed by atoms with Crippen LogP contribution in [0, 0.1) is 12.8 Å². The molecular weight excluding hydrogens is 280 g/mol. The lowest BCUT2D eigenvalue weighted by molar-refractivity contribution is -0.140. The lowest BCUT2D eigenvalue weighted by atomic mass is 10.1. The van der Waals surface area contributed by atoms with Crippen molar-refractivity contribution in [3.05, 3.63) is 28.8 Å². The molecule has 1 aromatic carbocycles. The van der Waals surface area contributed by atoms with Gasteiger partial charge in [0.1, 0.15) is 6.04 Å². The second-order valence-corrected chi connectivity index (χ2v) is 5.38. The number of carboxylic acids is 1. The molecule has 0 saturated carbocycles. The Kier molecular flexibility index (Phi) is 5.98. The maximum Gasteiger partial charge on any atom is 0.320 e. The van der Waals surface area contributed by atoms with Gasteiger partial charge in [-0.1, -0.05) is 31.5 Å². The monoisotopic (exact) mass is 298 g/mol. The van der Waals surface area contributed by atoms with Crippen LogP contribution >= 0.6 is 11.6 Å². The van der Waals surface area contributed by atoms with Crippen LogP contribution < -0.4 is 10.6 Å². The molecule has 3 N–H and O–H groups in total. The Hall–Kier alpha value is -1.59. The van der Waals surface area contributed by atoms with Crippen LogP contribution in [0.1, 0.15) is 19.4 Å². The number of benzene rings is 1. The Morgan fingerprint density at radius 1 is 1.35 bits per heavy atom. The molecule has 1 aromatic rings. The van der Waals surface area contributed by atoms with E-state index >= 15 is 0 Å². The van der Waals surface area contributed by atoms with E-state index in [0.717, 1.165) is 5.56 Å². The molecule has 1 rings (SSSR count). The first-order valence-corrected chi connectivity index (χ1v) is 6.71. The average molecular weight is 299 g/mol. The van der Waals surface area contributed by atoms with Gasteiger partial charge in [0.2, 0.25) is 5.91 Å². The Morgan fingerprint density at radius 3 is 2.50 bits per heavy atom. The largest absolute Gasteiger partial charge is 0.480 e. The number of halogens is 1. The van der Waals surface area contributed by atoms with Gasteiger partial charge >= 0.3 is 5.97 Å². The highest BCUT2D eigenvalue weighted by molar-refractivity contribution is 6.33. The van der Waals surface area contributed by atoms with Crippen molar-refractivity contribution in [3.63, 3.8) is 0 Å². The molecule has 0 aromatic heterocycles. The van der Waals surface area contributed by atoms with Gasteiger partial charge in [0, 0.05) is 0 Å². The Balaban J connectivity index is 2.57. The summed E-state index contributed by atoms with van der Waals surface area (Å²) in [5.41, 5.74) is 1.51. The second-order valence-electron chi connectivity index (χ2n) is 4.97. The molecule has 20 heavy (non-hydrogen) atoms. The summed E-state index contributed by atoms with van der Waals surface area (Å²) in [5.74, 6) is -1.41. The number of aryl methyl sites for hydroxylation is 1. The fourth-order valence-corrected chi connectivity index (χ4v) is 2.01. The fraction of sp³-hybridized carbons (Fsp3) is 0.429. The minimum atomic E-state index is -0.971. The number of carbonyl (C=O) groups excluding carboxylic acids is 1. The van der Waals surface area contributed by atoms with Crippen LogP contribution in [-0.2, 0) is 9.59 Å². The lowest BCUT2D eigenvalue weighted by Crippen LogP contribution is -2.44. The van der Waals surface area contributed by atoms with E-state index in [4.69, 9.17) is 16.7 Å². The number of carbonyl (C=O) groups is 2. The number of amides is 1. The average Bonchev–Trinajstić information content (AvgIpc) is 2.32. The van der Waals surface area contributed by atoms with Gasteiger partial charge in [-0.3, -0.25) is 14.9 Å². The van der Waals surface area contributed by atoms with Gasteiger partial charge in [-0.2, -0.15) is 0 Å². The van der Waals surface area contributed by atoms with E-state index in [9.17, 15) is 9.59 Å². The van der Waals surface area contributed by atoms with Gasteiger partial charge in [-0.05, 0) is 30.5 Å². The van der Waals surface area contributed by atoms with Crippen LogP contribution in [0.5, 0.6) is 0 Å². The lowest BCUT2D eigenvalue weighted by Gasteiger charge is -2.17. The van der Waals surface area contributed by atoms with Crippen molar-refractivity contribution >= 4 is 29.2 Å². The molecule has 5 nitrogen and oxygen atoms in total. The van der Waals surface area contributed by atoms with E-state index in [1.165, 1.54) is 0 Å². The molecule has 0 spiro atoms. The van der Waals surface area contributed by atoms with Gasteiger partial charge in [0.15, 0.2) is 0 Å². The predicted molar refractivity (Wildman–Crippen MR) is 79.1 cm³/mol. The molecule has 0 aliphatic rings. The van der Waals surface area contributed by atoms with Crippen molar-refractivity contribution < 1.29 is 14.7 Å². The van der Waals surface area contributed by atoms with E-state index in [2.05, 4.69) is 10.6 Å². The van der Waals surface area contributed by atoms with Crippen molar-refractivity contribution in [1.82, 2.24) is 5.32 Å². The number of rotatable bonds is 6. The number of hydrogen-bond donors (Lipinski definition) is 3.